The number of halogens is 1. The average molecular weight is 637 g/mol. The summed E-state index contributed by atoms with van der Waals surface area (Å²) in [5.41, 5.74) is 9.02. The Morgan fingerprint density at radius 1 is 0.957 bits per heavy atom. The molecule has 0 bridgehead atoms. The minimum atomic E-state index is -1.24. The number of anilines is 1. The van der Waals surface area contributed by atoms with E-state index in [-0.39, 0.29) is 17.9 Å². The summed E-state index contributed by atoms with van der Waals surface area (Å²) in [6, 6.07) is 30.7. The first-order valence-electron chi connectivity index (χ1n) is 15.4. The molecule has 2 amide bonds. The fourth-order valence-electron chi connectivity index (χ4n) is 5.79. The van der Waals surface area contributed by atoms with Crippen LogP contribution in [0.2, 0.25) is 0 Å². The van der Waals surface area contributed by atoms with E-state index in [1.54, 1.807) is 36.4 Å². The van der Waals surface area contributed by atoms with Gasteiger partial charge in [-0.2, -0.15) is 5.26 Å². The van der Waals surface area contributed by atoms with Gasteiger partial charge in [0.25, 0.3) is 5.91 Å². The number of benzene rings is 4. The van der Waals surface area contributed by atoms with Crippen LogP contribution in [-0.2, 0) is 20.7 Å². The van der Waals surface area contributed by atoms with Gasteiger partial charge in [0.05, 0.1) is 36.6 Å². The third kappa shape index (κ3) is 8.20. The van der Waals surface area contributed by atoms with Gasteiger partial charge in [-0.3, -0.25) is 4.79 Å². The molecule has 5 rings (SSSR count). The molecular formula is C37H37FN4O5. The first-order valence-corrected chi connectivity index (χ1v) is 15.4. The lowest BCUT2D eigenvalue weighted by atomic mass is 9.84. The first-order chi connectivity index (χ1) is 22.9. The van der Waals surface area contributed by atoms with Crippen molar-refractivity contribution in [3.05, 3.63) is 131 Å². The molecule has 3 N–H and O–H groups in total. The number of para-hydroxylation sites is 1. The van der Waals surface area contributed by atoms with E-state index in [4.69, 9.17) is 25.2 Å². The van der Waals surface area contributed by atoms with Gasteiger partial charge in [0.15, 0.2) is 0 Å². The van der Waals surface area contributed by atoms with Crippen molar-refractivity contribution in [2.24, 2.45) is 5.73 Å². The predicted octanol–water partition coefficient (Wildman–Crippen LogP) is 5.32. The van der Waals surface area contributed by atoms with E-state index in [1.807, 2.05) is 60.7 Å². The number of nitrogens with two attached hydrogens (primary N) is 1. The molecule has 4 aromatic carbocycles. The van der Waals surface area contributed by atoms with E-state index >= 15 is 4.39 Å². The number of imide groups is 1. The summed E-state index contributed by atoms with van der Waals surface area (Å²) in [6.07, 6.45) is -0.732. The maximum absolute atomic E-state index is 15.7. The molecule has 4 aromatic rings. The van der Waals surface area contributed by atoms with Gasteiger partial charge in [-0.15, -0.1) is 0 Å². The Balaban J connectivity index is 1.34. The molecule has 0 aliphatic carbocycles. The van der Waals surface area contributed by atoms with Crippen LogP contribution in [0.15, 0.2) is 103 Å². The van der Waals surface area contributed by atoms with Crippen molar-refractivity contribution in [1.82, 2.24) is 5.32 Å². The topological polar surface area (TPSA) is 127 Å². The molecular weight excluding hydrogens is 599 g/mol. The summed E-state index contributed by atoms with van der Waals surface area (Å²) in [7, 11) is 1.14. The SMILES string of the molecule is COC(=O)N(C(=O)[C@@H](N)C(c1ccccc1)c1ccccc1)c1c(F)cccc1CC[C@@H]1CNC[C@@H](COc2ccc(C#N)cc2)O1. The summed E-state index contributed by atoms with van der Waals surface area (Å²) in [5, 5.41) is 12.3. The molecule has 0 unspecified atom stereocenters. The highest BCUT2D eigenvalue weighted by Crippen LogP contribution is 2.32. The Kier molecular flexibility index (Phi) is 11.3. The Bertz CT molecular complexity index is 1640. The molecule has 0 spiro atoms. The highest BCUT2D eigenvalue weighted by Gasteiger charge is 2.37. The zero-order valence-electron chi connectivity index (χ0n) is 26.1. The highest BCUT2D eigenvalue weighted by molar-refractivity contribution is 6.15. The summed E-state index contributed by atoms with van der Waals surface area (Å²) < 4.78 is 32.8. The number of amides is 2. The standard InChI is InChI=1S/C37H37FN4O5/c1-45-37(44)42(36(43)34(40)33(26-9-4-2-5-10-26)27-11-6-3-7-12-27)35-28(13-8-14-32(35)38)17-20-30-22-41-23-31(47-30)24-46-29-18-15-25(21-39)16-19-29/h2-16,18-19,30-31,33-34,41H,17,20,22-24,40H2,1H3/t30-,31+,34+/m1/s1. The summed E-state index contributed by atoms with van der Waals surface area (Å²) >= 11 is 0. The number of methoxy groups -OCH3 is 1. The molecule has 9 nitrogen and oxygen atoms in total. The quantitative estimate of drug-likeness (QED) is 0.226. The lowest BCUT2D eigenvalue weighted by Crippen LogP contribution is -2.50. The fraction of sp³-hybridized carbons (Fsp3) is 0.270. The van der Waals surface area contributed by atoms with Crippen LogP contribution in [0, 0.1) is 17.1 Å². The zero-order chi connectivity index (χ0) is 33.2. The van der Waals surface area contributed by atoms with E-state index in [1.165, 1.54) is 6.07 Å². The maximum atomic E-state index is 15.7. The van der Waals surface area contributed by atoms with Crippen LogP contribution in [0.4, 0.5) is 14.9 Å². The van der Waals surface area contributed by atoms with Crippen LogP contribution in [-0.4, -0.2) is 57.1 Å². The fourth-order valence-corrected chi connectivity index (χ4v) is 5.79. The Labute approximate surface area is 273 Å². The minimum absolute atomic E-state index is 0.191. The van der Waals surface area contributed by atoms with E-state index in [0.29, 0.717) is 49.4 Å². The maximum Gasteiger partial charge on any atom is 0.421 e. The van der Waals surface area contributed by atoms with Crippen LogP contribution in [0.5, 0.6) is 5.75 Å². The normalized spacial score (nSPS) is 16.6. The third-order valence-electron chi connectivity index (χ3n) is 8.12. The van der Waals surface area contributed by atoms with Gasteiger partial charge < -0.3 is 25.3 Å². The highest BCUT2D eigenvalue weighted by atomic mass is 19.1. The molecule has 1 aliphatic heterocycles. The molecule has 10 heteroatoms. The lowest BCUT2D eigenvalue weighted by Gasteiger charge is -2.32. The van der Waals surface area contributed by atoms with Crippen LogP contribution in [0.25, 0.3) is 0 Å². The van der Waals surface area contributed by atoms with Crippen molar-refractivity contribution in [1.29, 1.82) is 5.26 Å². The van der Waals surface area contributed by atoms with Gasteiger partial charge in [0, 0.05) is 19.0 Å². The van der Waals surface area contributed by atoms with Crippen molar-refractivity contribution < 1.29 is 28.2 Å². The van der Waals surface area contributed by atoms with Gasteiger partial charge in [0.2, 0.25) is 0 Å². The van der Waals surface area contributed by atoms with Crippen LogP contribution < -0.4 is 20.7 Å². The summed E-state index contributed by atoms with van der Waals surface area (Å²) in [6.45, 7) is 1.45. The molecule has 3 atom stereocenters. The summed E-state index contributed by atoms with van der Waals surface area (Å²) in [4.78, 5) is 28.1. The van der Waals surface area contributed by atoms with Gasteiger partial charge >= 0.3 is 6.09 Å². The second-order valence-corrected chi connectivity index (χ2v) is 11.2. The number of hydrogen-bond donors (Lipinski definition) is 2. The molecule has 47 heavy (non-hydrogen) atoms. The molecule has 0 aromatic heterocycles. The first kappa shape index (κ1) is 33.3. The number of nitrogens with zero attached hydrogens (tertiary/aromatic N) is 2. The van der Waals surface area contributed by atoms with Crippen LogP contribution >= 0.6 is 0 Å². The summed E-state index contributed by atoms with van der Waals surface area (Å²) in [5.74, 6) is -1.53. The number of nitrogens with one attached hydrogen (secondary N) is 1. The Hall–Kier alpha value is -5.08. The van der Waals surface area contributed by atoms with Crippen molar-refractivity contribution in [3.8, 4) is 11.8 Å². The van der Waals surface area contributed by atoms with Crippen LogP contribution in [0.3, 0.4) is 0 Å². The number of rotatable bonds is 11. The van der Waals surface area contributed by atoms with E-state index in [0.717, 1.165) is 23.1 Å². The number of carbonyl (C=O) groups excluding carboxylic acids is 2. The second-order valence-electron chi connectivity index (χ2n) is 11.2. The van der Waals surface area contributed by atoms with E-state index in [9.17, 15) is 9.59 Å². The molecule has 0 radical (unpaired) electrons. The number of morpholine rings is 1. The predicted molar refractivity (Wildman–Crippen MR) is 175 cm³/mol. The zero-order valence-corrected chi connectivity index (χ0v) is 26.1. The van der Waals surface area contributed by atoms with Gasteiger partial charge in [0.1, 0.15) is 24.3 Å². The Morgan fingerprint density at radius 2 is 1.60 bits per heavy atom. The largest absolute Gasteiger partial charge is 0.491 e. The number of carbonyl (C=O) groups is 2. The van der Waals surface area contributed by atoms with Gasteiger partial charge in [-0.05, 0) is 59.9 Å². The molecule has 1 aliphatic rings. The lowest BCUT2D eigenvalue weighted by molar-refractivity contribution is -0.119. The molecule has 1 heterocycles. The van der Waals surface area contributed by atoms with Crippen molar-refractivity contribution in [3.63, 3.8) is 0 Å². The monoisotopic (exact) mass is 636 g/mol. The van der Waals surface area contributed by atoms with Crippen molar-refractivity contribution >= 4 is 17.7 Å². The second kappa shape index (κ2) is 16.0. The molecule has 242 valence electrons. The smallest absolute Gasteiger partial charge is 0.421 e. The van der Waals surface area contributed by atoms with E-state index < -0.39 is 29.8 Å². The minimum Gasteiger partial charge on any atom is -0.491 e. The molecule has 1 saturated heterocycles. The Morgan fingerprint density at radius 3 is 2.21 bits per heavy atom. The van der Waals surface area contributed by atoms with Crippen molar-refractivity contribution in [2.45, 2.75) is 37.0 Å². The number of aryl methyl sites for hydroxylation is 1. The van der Waals surface area contributed by atoms with Gasteiger partial charge in [-0.1, -0.05) is 72.8 Å². The molecule has 0 saturated carbocycles. The third-order valence-corrected chi connectivity index (χ3v) is 8.12. The number of nitriles is 1. The average Bonchev–Trinajstić information content (AvgIpc) is 3.12. The van der Waals surface area contributed by atoms with E-state index in [2.05, 4.69) is 11.4 Å². The van der Waals surface area contributed by atoms with Crippen molar-refractivity contribution in [2.75, 3.05) is 31.7 Å². The molecule has 1 fully saturated rings. The van der Waals surface area contributed by atoms with Crippen LogP contribution in [0.1, 0.15) is 34.6 Å². The number of hydrogen-bond acceptors (Lipinski definition) is 8. The van der Waals surface area contributed by atoms with Gasteiger partial charge in [-0.25, -0.2) is 14.1 Å². The number of ether oxygens (including phenoxy) is 3.